The van der Waals surface area contributed by atoms with E-state index in [1.807, 2.05) is 20.8 Å². The molecule has 1 rings (SSSR count). The molecule has 0 aromatic heterocycles. The fraction of sp³-hybridized carbons (Fsp3) is 0.533. The molecule has 0 amide bonds. The van der Waals surface area contributed by atoms with E-state index in [0.29, 0.717) is 6.54 Å². The van der Waals surface area contributed by atoms with Crippen LogP contribution in [0.2, 0.25) is 0 Å². The van der Waals surface area contributed by atoms with Gasteiger partial charge in [0.25, 0.3) is 0 Å². The molecule has 0 aliphatic heterocycles. The molecule has 17 heavy (non-hydrogen) atoms. The van der Waals surface area contributed by atoms with E-state index in [9.17, 15) is 4.79 Å². The van der Waals surface area contributed by atoms with Crippen molar-refractivity contribution >= 4 is 5.78 Å². The van der Waals surface area contributed by atoms with Crippen LogP contribution in [0.15, 0.2) is 6.07 Å². The van der Waals surface area contributed by atoms with Gasteiger partial charge in [-0.1, -0.05) is 13.0 Å². The second-order valence-corrected chi connectivity index (χ2v) is 4.84. The van der Waals surface area contributed by atoms with Crippen LogP contribution >= 0.6 is 0 Å². The maximum absolute atomic E-state index is 12.5. The van der Waals surface area contributed by atoms with Crippen molar-refractivity contribution in [1.29, 1.82) is 0 Å². The third-order valence-corrected chi connectivity index (χ3v) is 3.76. The standard InChI is InChI=1S/C15H23NO/c1-6-13(8-16)15(17)14-11(4)9(2)7-10(3)12(14)5/h7,13H,6,8,16H2,1-5H3. The van der Waals surface area contributed by atoms with Crippen LogP contribution in [0, 0.1) is 33.6 Å². The topological polar surface area (TPSA) is 43.1 Å². The number of carbonyl (C=O) groups excluding carboxylic acids is 1. The highest BCUT2D eigenvalue weighted by Crippen LogP contribution is 2.24. The number of rotatable bonds is 4. The first kappa shape index (κ1) is 13.9. The van der Waals surface area contributed by atoms with E-state index in [2.05, 4.69) is 19.9 Å². The Morgan fingerprint density at radius 1 is 1.18 bits per heavy atom. The Morgan fingerprint density at radius 2 is 1.65 bits per heavy atom. The minimum Gasteiger partial charge on any atom is -0.330 e. The van der Waals surface area contributed by atoms with Crippen LogP contribution in [0.25, 0.3) is 0 Å². The van der Waals surface area contributed by atoms with E-state index in [0.717, 1.165) is 23.1 Å². The van der Waals surface area contributed by atoms with Crippen molar-refractivity contribution in [2.45, 2.75) is 41.0 Å². The van der Waals surface area contributed by atoms with Gasteiger partial charge in [-0.15, -0.1) is 0 Å². The summed E-state index contributed by atoms with van der Waals surface area (Å²) in [6.45, 7) is 10.6. The van der Waals surface area contributed by atoms with Gasteiger partial charge in [-0.05, 0) is 56.4 Å². The molecule has 0 heterocycles. The predicted octanol–water partition coefficient (Wildman–Crippen LogP) is 3.09. The highest BCUT2D eigenvalue weighted by Gasteiger charge is 2.21. The Morgan fingerprint density at radius 3 is 2.00 bits per heavy atom. The monoisotopic (exact) mass is 233 g/mol. The van der Waals surface area contributed by atoms with E-state index in [-0.39, 0.29) is 11.7 Å². The van der Waals surface area contributed by atoms with Crippen LogP contribution in [-0.2, 0) is 0 Å². The molecule has 0 saturated heterocycles. The Labute approximate surface area is 104 Å². The van der Waals surface area contributed by atoms with Crippen LogP contribution < -0.4 is 5.73 Å². The first-order valence-corrected chi connectivity index (χ1v) is 6.25. The van der Waals surface area contributed by atoms with E-state index >= 15 is 0 Å². The Balaban J connectivity index is 3.35. The van der Waals surface area contributed by atoms with Crippen LogP contribution in [0.1, 0.15) is 46.0 Å². The lowest BCUT2D eigenvalue weighted by atomic mass is 9.86. The highest BCUT2D eigenvalue weighted by atomic mass is 16.1. The molecule has 0 saturated carbocycles. The fourth-order valence-corrected chi connectivity index (χ4v) is 2.25. The molecule has 1 atom stereocenters. The molecule has 1 unspecified atom stereocenters. The molecule has 94 valence electrons. The third kappa shape index (κ3) is 2.58. The molecule has 0 aliphatic carbocycles. The van der Waals surface area contributed by atoms with E-state index in [4.69, 9.17) is 5.73 Å². The maximum Gasteiger partial charge on any atom is 0.167 e. The molecular weight excluding hydrogens is 210 g/mol. The summed E-state index contributed by atoms with van der Waals surface area (Å²) >= 11 is 0. The summed E-state index contributed by atoms with van der Waals surface area (Å²) in [6, 6.07) is 2.14. The zero-order chi connectivity index (χ0) is 13.2. The van der Waals surface area contributed by atoms with Crippen LogP contribution in [0.3, 0.4) is 0 Å². The van der Waals surface area contributed by atoms with Gasteiger partial charge in [-0.25, -0.2) is 0 Å². The van der Waals surface area contributed by atoms with Gasteiger partial charge in [0.1, 0.15) is 0 Å². The molecule has 2 N–H and O–H groups in total. The molecule has 0 radical (unpaired) electrons. The van der Waals surface area contributed by atoms with Crippen LogP contribution in [0.5, 0.6) is 0 Å². The van der Waals surface area contributed by atoms with Gasteiger partial charge in [0.05, 0.1) is 0 Å². The second-order valence-electron chi connectivity index (χ2n) is 4.84. The lowest BCUT2D eigenvalue weighted by Crippen LogP contribution is -2.25. The third-order valence-electron chi connectivity index (χ3n) is 3.76. The molecular formula is C15H23NO. The quantitative estimate of drug-likeness (QED) is 0.812. The van der Waals surface area contributed by atoms with Crippen molar-refractivity contribution in [3.8, 4) is 0 Å². The average molecular weight is 233 g/mol. The van der Waals surface area contributed by atoms with Crippen molar-refractivity contribution < 1.29 is 4.79 Å². The summed E-state index contributed by atoms with van der Waals surface area (Å²) in [5.74, 6) is 0.158. The summed E-state index contributed by atoms with van der Waals surface area (Å²) in [7, 11) is 0. The van der Waals surface area contributed by atoms with Crippen molar-refractivity contribution in [3.05, 3.63) is 33.9 Å². The summed E-state index contributed by atoms with van der Waals surface area (Å²) < 4.78 is 0. The Hall–Kier alpha value is -1.15. The minimum atomic E-state index is -0.0476. The average Bonchev–Trinajstić information content (AvgIpc) is 2.28. The van der Waals surface area contributed by atoms with Gasteiger partial charge in [0.2, 0.25) is 0 Å². The molecule has 0 spiro atoms. The van der Waals surface area contributed by atoms with E-state index < -0.39 is 0 Å². The van der Waals surface area contributed by atoms with Crippen molar-refractivity contribution in [1.82, 2.24) is 0 Å². The molecule has 0 fully saturated rings. The number of benzene rings is 1. The molecule has 1 aromatic carbocycles. The van der Waals surface area contributed by atoms with Gasteiger partial charge in [0.15, 0.2) is 5.78 Å². The number of Topliss-reactive ketones (excluding diaryl/α,β-unsaturated/α-hetero) is 1. The number of hydrogen-bond donors (Lipinski definition) is 1. The van der Waals surface area contributed by atoms with Crippen LogP contribution in [0.4, 0.5) is 0 Å². The van der Waals surface area contributed by atoms with Gasteiger partial charge >= 0.3 is 0 Å². The summed E-state index contributed by atoms with van der Waals surface area (Å²) in [5.41, 5.74) is 11.1. The minimum absolute atomic E-state index is 0.0476. The predicted molar refractivity (Wildman–Crippen MR) is 72.6 cm³/mol. The highest BCUT2D eigenvalue weighted by molar-refractivity contribution is 6.01. The Kier molecular flexibility index (Phi) is 4.47. The van der Waals surface area contributed by atoms with E-state index in [1.165, 1.54) is 11.1 Å². The van der Waals surface area contributed by atoms with Crippen LogP contribution in [-0.4, -0.2) is 12.3 Å². The number of nitrogens with two attached hydrogens (primary N) is 1. The van der Waals surface area contributed by atoms with Crippen molar-refractivity contribution in [2.75, 3.05) is 6.54 Å². The molecule has 0 aliphatic rings. The second kappa shape index (κ2) is 5.46. The largest absolute Gasteiger partial charge is 0.330 e. The van der Waals surface area contributed by atoms with Gasteiger partial charge in [-0.3, -0.25) is 4.79 Å². The number of ketones is 1. The molecule has 0 bridgehead atoms. The van der Waals surface area contributed by atoms with Gasteiger partial charge in [0, 0.05) is 18.0 Å². The number of aryl methyl sites for hydroxylation is 2. The molecule has 2 heteroatoms. The number of hydrogen-bond acceptors (Lipinski definition) is 2. The van der Waals surface area contributed by atoms with Gasteiger partial charge < -0.3 is 5.73 Å². The maximum atomic E-state index is 12.5. The Bertz CT molecular complexity index is 405. The number of carbonyl (C=O) groups is 1. The summed E-state index contributed by atoms with van der Waals surface area (Å²) in [5, 5.41) is 0. The van der Waals surface area contributed by atoms with E-state index in [1.54, 1.807) is 0 Å². The first-order valence-electron chi connectivity index (χ1n) is 6.25. The lowest BCUT2D eigenvalue weighted by Gasteiger charge is -2.18. The zero-order valence-electron chi connectivity index (χ0n) is 11.6. The van der Waals surface area contributed by atoms with Crippen molar-refractivity contribution in [2.24, 2.45) is 11.7 Å². The zero-order valence-corrected chi connectivity index (χ0v) is 11.6. The first-order chi connectivity index (χ1) is 7.93. The molecule has 1 aromatic rings. The fourth-order valence-electron chi connectivity index (χ4n) is 2.25. The normalized spacial score (nSPS) is 12.6. The molecule has 2 nitrogen and oxygen atoms in total. The van der Waals surface area contributed by atoms with Crippen molar-refractivity contribution in [3.63, 3.8) is 0 Å². The summed E-state index contributed by atoms with van der Waals surface area (Å²) in [6.07, 6.45) is 0.807. The smallest absolute Gasteiger partial charge is 0.167 e. The summed E-state index contributed by atoms with van der Waals surface area (Å²) in [4.78, 5) is 12.5. The SMILES string of the molecule is CCC(CN)C(=O)c1c(C)c(C)cc(C)c1C. The van der Waals surface area contributed by atoms with Gasteiger partial charge in [-0.2, -0.15) is 0 Å². The lowest BCUT2D eigenvalue weighted by molar-refractivity contribution is 0.0920.